The lowest BCUT2D eigenvalue weighted by atomic mass is 10.1. The molecule has 0 radical (unpaired) electrons. The van der Waals surface area contributed by atoms with E-state index >= 15 is 0 Å². The van der Waals surface area contributed by atoms with Crippen LogP contribution in [0.3, 0.4) is 0 Å². The summed E-state index contributed by atoms with van der Waals surface area (Å²) >= 11 is 0. The molecule has 21 heavy (non-hydrogen) atoms. The fraction of sp³-hybridized carbons (Fsp3) is 0.188. The highest BCUT2D eigenvalue weighted by Gasteiger charge is 2.05. The molecule has 0 aliphatic heterocycles. The van der Waals surface area contributed by atoms with Gasteiger partial charge in [0.15, 0.2) is 0 Å². The Morgan fingerprint density at radius 2 is 1.90 bits per heavy atom. The molecule has 0 spiro atoms. The lowest BCUT2D eigenvalue weighted by Crippen LogP contribution is -2.26. The van der Waals surface area contributed by atoms with Gasteiger partial charge in [-0.05, 0) is 36.2 Å². The summed E-state index contributed by atoms with van der Waals surface area (Å²) in [6, 6.07) is 12.4. The Labute approximate surface area is 123 Å². The molecule has 2 rings (SSSR count). The molecule has 0 aliphatic rings. The smallest absolute Gasteiger partial charge is 0.308 e. The molecular formula is C16H16N2O3. The van der Waals surface area contributed by atoms with Crippen LogP contribution in [-0.2, 0) is 11.2 Å². The molecule has 5 nitrogen and oxygen atoms in total. The minimum Gasteiger partial charge on any atom is -0.427 e. The number of aromatic nitrogens is 1. The highest BCUT2D eigenvalue weighted by Crippen LogP contribution is 2.12. The Morgan fingerprint density at radius 1 is 1.14 bits per heavy atom. The minimum absolute atomic E-state index is 0.188. The van der Waals surface area contributed by atoms with E-state index in [4.69, 9.17) is 4.74 Å². The van der Waals surface area contributed by atoms with E-state index in [1.807, 2.05) is 12.1 Å². The molecule has 0 aliphatic carbocycles. The van der Waals surface area contributed by atoms with Gasteiger partial charge in [0.05, 0.1) is 0 Å². The third-order valence-electron chi connectivity index (χ3n) is 2.78. The largest absolute Gasteiger partial charge is 0.427 e. The summed E-state index contributed by atoms with van der Waals surface area (Å²) in [6.45, 7) is 1.88. The summed E-state index contributed by atoms with van der Waals surface area (Å²) in [6.07, 6.45) is 2.28. The number of hydrogen-bond donors (Lipinski definition) is 1. The van der Waals surface area contributed by atoms with Crippen molar-refractivity contribution in [2.75, 3.05) is 6.54 Å². The summed E-state index contributed by atoms with van der Waals surface area (Å²) in [4.78, 5) is 26.6. The monoisotopic (exact) mass is 284 g/mol. The molecule has 1 aromatic heterocycles. The van der Waals surface area contributed by atoms with Crippen LogP contribution >= 0.6 is 0 Å². The first-order chi connectivity index (χ1) is 10.1. The van der Waals surface area contributed by atoms with Crippen LogP contribution in [0.4, 0.5) is 0 Å². The van der Waals surface area contributed by atoms with Gasteiger partial charge in [-0.1, -0.05) is 18.2 Å². The molecule has 0 saturated heterocycles. The average molecular weight is 284 g/mol. The third-order valence-corrected chi connectivity index (χ3v) is 2.78. The summed E-state index contributed by atoms with van der Waals surface area (Å²) in [5.41, 5.74) is 1.45. The number of amides is 1. The first kappa shape index (κ1) is 14.7. The molecule has 0 atom stereocenters. The standard InChI is InChI=1S/C16H16N2O3/c1-12(19)21-14-7-5-13(6-8-14)9-11-18-16(20)15-4-2-3-10-17-15/h2-8,10H,9,11H2,1H3,(H,18,20). The van der Waals surface area contributed by atoms with Crippen molar-refractivity contribution in [3.63, 3.8) is 0 Å². The quantitative estimate of drug-likeness (QED) is 0.673. The summed E-state index contributed by atoms with van der Waals surface area (Å²) in [5.74, 6) is -0.0127. The highest BCUT2D eigenvalue weighted by molar-refractivity contribution is 5.92. The SMILES string of the molecule is CC(=O)Oc1ccc(CCNC(=O)c2ccccn2)cc1. The van der Waals surface area contributed by atoms with Crippen molar-refractivity contribution in [2.24, 2.45) is 0 Å². The van der Waals surface area contributed by atoms with E-state index in [0.717, 1.165) is 5.56 Å². The van der Waals surface area contributed by atoms with Gasteiger partial charge < -0.3 is 10.1 Å². The summed E-state index contributed by atoms with van der Waals surface area (Å²) in [7, 11) is 0. The van der Waals surface area contributed by atoms with Crippen molar-refractivity contribution < 1.29 is 14.3 Å². The minimum atomic E-state index is -0.342. The molecule has 1 aromatic carbocycles. The highest BCUT2D eigenvalue weighted by atomic mass is 16.5. The van der Waals surface area contributed by atoms with Gasteiger partial charge in [0.25, 0.3) is 5.91 Å². The van der Waals surface area contributed by atoms with Gasteiger partial charge >= 0.3 is 5.97 Å². The molecule has 1 heterocycles. The number of nitrogens with zero attached hydrogens (tertiary/aromatic N) is 1. The van der Waals surface area contributed by atoms with Crippen LogP contribution in [-0.4, -0.2) is 23.4 Å². The van der Waals surface area contributed by atoms with Crippen molar-refractivity contribution in [2.45, 2.75) is 13.3 Å². The van der Waals surface area contributed by atoms with Crippen molar-refractivity contribution in [1.82, 2.24) is 10.3 Å². The first-order valence-electron chi connectivity index (χ1n) is 6.62. The van der Waals surface area contributed by atoms with E-state index in [1.165, 1.54) is 6.92 Å². The molecule has 2 aromatic rings. The maximum Gasteiger partial charge on any atom is 0.308 e. The Morgan fingerprint density at radius 3 is 2.52 bits per heavy atom. The fourth-order valence-electron chi connectivity index (χ4n) is 1.80. The number of carbonyl (C=O) groups excluding carboxylic acids is 2. The maximum atomic E-state index is 11.8. The van der Waals surface area contributed by atoms with E-state index in [0.29, 0.717) is 24.4 Å². The summed E-state index contributed by atoms with van der Waals surface area (Å²) in [5, 5.41) is 2.81. The Kier molecular flexibility index (Phi) is 5.04. The van der Waals surface area contributed by atoms with Gasteiger partial charge in [-0.2, -0.15) is 0 Å². The second kappa shape index (κ2) is 7.19. The van der Waals surface area contributed by atoms with Gasteiger partial charge in [-0.25, -0.2) is 0 Å². The number of nitrogens with one attached hydrogen (secondary N) is 1. The number of hydrogen-bond acceptors (Lipinski definition) is 4. The molecule has 1 amide bonds. The van der Waals surface area contributed by atoms with Crippen LogP contribution in [0.2, 0.25) is 0 Å². The number of carbonyl (C=O) groups is 2. The zero-order valence-corrected chi connectivity index (χ0v) is 11.7. The number of benzene rings is 1. The zero-order chi connectivity index (χ0) is 15.1. The van der Waals surface area contributed by atoms with E-state index in [2.05, 4.69) is 10.3 Å². The van der Waals surface area contributed by atoms with Crippen LogP contribution in [0.5, 0.6) is 5.75 Å². The van der Waals surface area contributed by atoms with Crippen molar-refractivity contribution in [3.05, 3.63) is 59.9 Å². The predicted molar refractivity (Wildman–Crippen MR) is 78.0 cm³/mol. The summed E-state index contributed by atoms with van der Waals surface area (Å²) < 4.78 is 4.95. The maximum absolute atomic E-state index is 11.8. The molecule has 0 bridgehead atoms. The van der Waals surface area contributed by atoms with E-state index in [-0.39, 0.29) is 11.9 Å². The van der Waals surface area contributed by atoms with E-state index in [9.17, 15) is 9.59 Å². The number of esters is 1. The normalized spacial score (nSPS) is 9.95. The van der Waals surface area contributed by atoms with Gasteiger partial charge in [0.1, 0.15) is 11.4 Å². The second-order valence-corrected chi connectivity index (χ2v) is 4.46. The van der Waals surface area contributed by atoms with E-state index < -0.39 is 0 Å². The lowest BCUT2D eigenvalue weighted by Gasteiger charge is -2.06. The van der Waals surface area contributed by atoms with Crippen LogP contribution in [0.1, 0.15) is 23.0 Å². The van der Waals surface area contributed by atoms with Crippen molar-refractivity contribution >= 4 is 11.9 Å². The van der Waals surface area contributed by atoms with Gasteiger partial charge in [0.2, 0.25) is 0 Å². The molecule has 1 N–H and O–H groups in total. The first-order valence-corrected chi connectivity index (χ1v) is 6.62. The third kappa shape index (κ3) is 4.72. The van der Waals surface area contributed by atoms with Crippen LogP contribution in [0.15, 0.2) is 48.7 Å². The number of pyridine rings is 1. The topological polar surface area (TPSA) is 68.3 Å². The molecular weight excluding hydrogens is 268 g/mol. The molecule has 0 saturated carbocycles. The predicted octanol–water partition coefficient (Wildman–Crippen LogP) is 1.98. The zero-order valence-electron chi connectivity index (χ0n) is 11.7. The molecule has 0 unspecified atom stereocenters. The Hall–Kier alpha value is -2.69. The average Bonchev–Trinajstić information content (AvgIpc) is 2.49. The van der Waals surface area contributed by atoms with Crippen molar-refractivity contribution in [3.8, 4) is 5.75 Å². The van der Waals surface area contributed by atoms with Gasteiger partial charge in [-0.15, -0.1) is 0 Å². The molecule has 0 fully saturated rings. The lowest BCUT2D eigenvalue weighted by molar-refractivity contribution is -0.131. The van der Waals surface area contributed by atoms with Gasteiger partial charge in [-0.3, -0.25) is 14.6 Å². The Bertz CT molecular complexity index is 609. The van der Waals surface area contributed by atoms with Crippen LogP contribution in [0, 0.1) is 0 Å². The number of ether oxygens (including phenoxy) is 1. The van der Waals surface area contributed by atoms with E-state index in [1.54, 1.807) is 36.5 Å². The second-order valence-electron chi connectivity index (χ2n) is 4.46. The van der Waals surface area contributed by atoms with Crippen LogP contribution in [0.25, 0.3) is 0 Å². The van der Waals surface area contributed by atoms with Gasteiger partial charge in [0, 0.05) is 19.7 Å². The molecule has 5 heteroatoms. The fourth-order valence-corrected chi connectivity index (χ4v) is 1.80. The molecule has 108 valence electrons. The van der Waals surface area contributed by atoms with Crippen LogP contribution < -0.4 is 10.1 Å². The number of rotatable bonds is 5. The van der Waals surface area contributed by atoms with Crippen molar-refractivity contribution in [1.29, 1.82) is 0 Å². The Balaban J connectivity index is 1.81.